The molecule has 204 valence electrons. The lowest BCUT2D eigenvalue weighted by Gasteiger charge is -2.29. The minimum Gasteiger partial charge on any atom is -0.489 e. The molecule has 0 unspecified atom stereocenters. The fourth-order valence-electron chi connectivity index (χ4n) is 4.82. The van der Waals surface area contributed by atoms with Crippen LogP contribution in [0.4, 0.5) is 11.5 Å². The third-order valence-electron chi connectivity index (χ3n) is 6.95. The summed E-state index contributed by atoms with van der Waals surface area (Å²) in [5.41, 5.74) is 3.74. The van der Waals surface area contributed by atoms with Crippen LogP contribution in [0.25, 0.3) is 11.3 Å². The lowest BCUT2D eigenvalue weighted by molar-refractivity contribution is -0.118. The average molecular weight is 599 g/mol. The van der Waals surface area contributed by atoms with Crippen molar-refractivity contribution in [3.8, 4) is 17.0 Å². The van der Waals surface area contributed by atoms with Gasteiger partial charge in [0.25, 0.3) is 0 Å². The zero-order chi connectivity index (χ0) is 28.0. The van der Waals surface area contributed by atoms with Crippen LogP contribution in [0.15, 0.2) is 53.2 Å². The van der Waals surface area contributed by atoms with Crippen LogP contribution in [-0.2, 0) is 22.6 Å². The molecule has 11 heteroatoms. The normalized spacial score (nSPS) is 14.7. The third-order valence-corrected chi connectivity index (χ3v) is 7.86. The van der Waals surface area contributed by atoms with Gasteiger partial charge in [-0.1, -0.05) is 46.0 Å². The molecule has 3 heterocycles. The van der Waals surface area contributed by atoms with E-state index >= 15 is 0 Å². The first-order valence-corrected chi connectivity index (χ1v) is 13.7. The van der Waals surface area contributed by atoms with Crippen molar-refractivity contribution < 1.29 is 23.6 Å². The molecule has 2 aromatic carbocycles. The highest BCUT2D eigenvalue weighted by atomic mass is 35.5. The summed E-state index contributed by atoms with van der Waals surface area (Å²) in [7, 11) is 1.27. The molecule has 0 atom stereocenters. The zero-order valence-corrected chi connectivity index (χ0v) is 23.5. The Bertz CT molecular complexity index is 1630. The third kappa shape index (κ3) is 4.91. The topological polar surface area (TPSA) is 94.8 Å². The smallest absolute Gasteiger partial charge is 0.339 e. The molecule has 4 aromatic rings. The number of amides is 1. The standard InChI is InChI=1S/C29H22Cl3N3O5/c1-38-29(37)17-12-22(32)28(33-13-17)35-23-9-8-18(11-16(23)7-10-24(35)36)39-14-19-26(34-40-27(19)15-5-6-15)25-20(30)3-2-4-21(25)31/h2-4,8-9,11-13,15H,5-7,10,14H2,1H3. The Balaban J connectivity index is 1.29. The predicted octanol–water partition coefficient (Wildman–Crippen LogP) is 7.55. The second-order valence-electron chi connectivity index (χ2n) is 9.57. The highest BCUT2D eigenvalue weighted by Gasteiger charge is 2.34. The molecule has 0 spiro atoms. The van der Waals surface area contributed by atoms with Gasteiger partial charge in [-0.15, -0.1) is 0 Å². The Hall–Kier alpha value is -3.59. The number of anilines is 2. The largest absolute Gasteiger partial charge is 0.489 e. The van der Waals surface area contributed by atoms with Gasteiger partial charge in [-0.25, -0.2) is 9.78 Å². The Labute approximate surface area is 244 Å². The maximum absolute atomic E-state index is 13.0. The van der Waals surface area contributed by atoms with Crippen molar-refractivity contribution in [2.75, 3.05) is 12.0 Å². The predicted molar refractivity (Wildman–Crippen MR) is 151 cm³/mol. The molecule has 0 saturated heterocycles. The number of aryl methyl sites for hydroxylation is 1. The fourth-order valence-corrected chi connectivity index (χ4v) is 5.65. The minimum atomic E-state index is -0.564. The van der Waals surface area contributed by atoms with Crippen LogP contribution in [-0.4, -0.2) is 29.1 Å². The van der Waals surface area contributed by atoms with E-state index in [9.17, 15) is 9.59 Å². The molecular formula is C29H22Cl3N3O5. The Kier molecular flexibility index (Phi) is 7.16. The number of nitrogens with zero attached hydrogens (tertiary/aromatic N) is 3. The number of carbonyl (C=O) groups is 2. The number of methoxy groups -OCH3 is 1. The first-order valence-electron chi connectivity index (χ1n) is 12.6. The van der Waals surface area contributed by atoms with Crippen molar-refractivity contribution in [1.82, 2.24) is 10.1 Å². The number of halogens is 3. The first-order chi connectivity index (χ1) is 19.4. The number of ether oxygens (including phenoxy) is 2. The lowest BCUT2D eigenvalue weighted by atomic mass is 10.0. The molecular weight excluding hydrogens is 577 g/mol. The van der Waals surface area contributed by atoms with Gasteiger partial charge in [-0.3, -0.25) is 9.69 Å². The van der Waals surface area contributed by atoms with Gasteiger partial charge >= 0.3 is 5.97 Å². The summed E-state index contributed by atoms with van der Waals surface area (Å²) in [5.74, 6) is 1.23. The summed E-state index contributed by atoms with van der Waals surface area (Å²) in [5, 5.41) is 5.44. The Morgan fingerprint density at radius 2 is 1.85 bits per heavy atom. The SMILES string of the molecule is COC(=O)c1cnc(N2C(=O)CCc3cc(OCc4c(-c5c(Cl)cccc5Cl)noc4C4CC4)ccc32)c(Cl)c1. The van der Waals surface area contributed by atoms with Crippen LogP contribution >= 0.6 is 34.8 Å². The highest BCUT2D eigenvalue weighted by Crippen LogP contribution is 2.46. The molecule has 0 N–H and O–H groups in total. The molecule has 1 aliphatic heterocycles. The van der Waals surface area contributed by atoms with E-state index in [4.69, 9.17) is 48.8 Å². The molecule has 8 nitrogen and oxygen atoms in total. The Morgan fingerprint density at radius 3 is 2.55 bits per heavy atom. The quantitative estimate of drug-likeness (QED) is 0.203. The number of hydrogen-bond acceptors (Lipinski definition) is 7. The maximum Gasteiger partial charge on any atom is 0.339 e. The van der Waals surface area contributed by atoms with Gasteiger partial charge in [0.15, 0.2) is 5.82 Å². The second kappa shape index (κ2) is 10.8. The van der Waals surface area contributed by atoms with E-state index in [-0.39, 0.29) is 35.3 Å². The van der Waals surface area contributed by atoms with Crippen molar-refractivity contribution >= 4 is 58.2 Å². The van der Waals surface area contributed by atoms with Gasteiger partial charge in [0.05, 0.1) is 39.0 Å². The van der Waals surface area contributed by atoms with Crippen LogP contribution in [0.5, 0.6) is 5.75 Å². The van der Waals surface area contributed by atoms with Crippen molar-refractivity contribution in [1.29, 1.82) is 0 Å². The molecule has 0 bridgehead atoms. The molecule has 0 radical (unpaired) electrons. The molecule has 1 aliphatic carbocycles. The molecule has 1 fully saturated rings. The second-order valence-corrected chi connectivity index (χ2v) is 10.8. The number of hydrogen-bond donors (Lipinski definition) is 0. The number of esters is 1. The van der Waals surface area contributed by atoms with E-state index < -0.39 is 5.97 Å². The number of aromatic nitrogens is 2. The maximum atomic E-state index is 13.0. The lowest BCUT2D eigenvalue weighted by Crippen LogP contribution is -2.31. The van der Waals surface area contributed by atoms with Gasteiger partial charge in [-0.2, -0.15) is 0 Å². The molecule has 2 aliphatic rings. The molecule has 40 heavy (non-hydrogen) atoms. The van der Waals surface area contributed by atoms with E-state index in [1.54, 1.807) is 30.3 Å². The fraction of sp³-hybridized carbons (Fsp3) is 0.241. The molecule has 2 aromatic heterocycles. The van der Waals surface area contributed by atoms with Crippen LogP contribution in [0.1, 0.15) is 52.4 Å². The van der Waals surface area contributed by atoms with E-state index in [1.807, 2.05) is 6.07 Å². The van der Waals surface area contributed by atoms with Crippen molar-refractivity contribution in [3.63, 3.8) is 0 Å². The molecule has 1 amide bonds. The number of rotatable bonds is 7. The van der Waals surface area contributed by atoms with Crippen LogP contribution in [0.2, 0.25) is 15.1 Å². The van der Waals surface area contributed by atoms with Crippen LogP contribution in [0.3, 0.4) is 0 Å². The van der Waals surface area contributed by atoms with Crippen molar-refractivity contribution in [2.24, 2.45) is 0 Å². The first kappa shape index (κ1) is 26.6. The van der Waals surface area contributed by atoms with E-state index in [1.165, 1.54) is 24.3 Å². The van der Waals surface area contributed by atoms with Crippen LogP contribution in [0, 0.1) is 0 Å². The van der Waals surface area contributed by atoms with Gasteiger partial charge in [0, 0.05) is 24.1 Å². The summed E-state index contributed by atoms with van der Waals surface area (Å²) in [4.78, 5) is 30.6. The van der Waals surface area contributed by atoms with Gasteiger partial charge in [-0.05, 0) is 61.2 Å². The van der Waals surface area contributed by atoms with Crippen molar-refractivity contribution in [3.05, 3.63) is 86.2 Å². The van der Waals surface area contributed by atoms with Gasteiger partial charge in [0.1, 0.15) is 23.8 Å². The minimum absolute atomic E-state index is 0.152. The monoisotopic (exact) mass is 597 g/mol. The summed E-state index contributed by atoms with van der Waals surface area (Å²) in [6, 6.07) is 12.2. The highest BCUT2D eigenvalue weighted by molar-refractivity contribution is 6.39. The summed E-state index contributed by atoms with van der Waals surface area (Å²) < 4.78 is 16.7. The van der Waals surface area contributed by atoms with Gasteiger partial charge < -0.3 is 14.0 Å². The number of fused-ring (bicyclic) bond motifs is 1. The molecule has 1 saturated carbocycles. The summed E-state index contributed by atoms with van der Waals surface area (Å²) in [6.07, 6.45) is 4.18. The van der Waals surface area contributed by atoms with E-state index in [0.717, 1.165) is 29.7 Å². The zero-order valence-electron chi connectivity index (χ0n) is 21.2. The van der Waals surface area contributed by atoms with E-state index in [2.05, 4.69) is 10.1 Å². The van der Waals surface area contributed by atoms with E-state index in [0.29, 0.717) is 45.1 Å². The number of benzene rings is 2. The summed E-state index contributed by atoms with van der Waals surface area (Å²) in [6.45, 7) is 0.204. The summed E-state index contributed by atoms with van der Waals surface area (Å²) >= 11 is 19.4. The van der Waals surface area contributed by atoms with Crippen LogP contribution < -0.4 is 9.64 Å². The van der Waals surface area contributed by atoms with Gasteiger partial charge in [0.2, 0.25) is 5.91 Å². The van der Waals surface area contributed by atoms with Crippen molar-refractivity contribution in [2.45, 2.75) is 38.2 Å². The number of pyridine rings is 1. The Morgan fingerprint density at radius 1 is 1.07 bits per heavy atom. The average Bonchev–Trinajstić information content (AvgIpc) is 3.71. The molecule has 6 rings (SSSR count). The number of carbonyl (C=O) groups excluding carboxylic acids is 2.